The van der Waals surface area contributed by atoms with E-state index in [1.165, 1.54) is 6.42 Å². The molecule has 1 fully saturated rings. The van der Waals surface area contributed by atoms with Crippen LogP contribution in [0.1, 0.15) is 46.6 Å². The summed E-state index contributed by atoms with van der Waals surface area (Å²) in [7, 11) is 0. The van der Waals surface area contributed by atoms with Crippen LogP contribution < -0.4 is 0 Å². The van der Waals surface area contributed by atoms with Crippen LogP contribution in [0, 0.1) is 24.0 Å². The van der Waals surface area contributed by atoms with Gasteiger partial charge in [0.25, 0.3) is 5.91 Å². The van der Waals surface area contributed by atoms with Gasteiger partial charge in [-0.15, -0.1) is 0 Å². The molecule has 1 aromatic heterocycles. The molecule has 7 heteroatoms. The molecule has 0 N–H and O–H groups in total. The van der Waals surface area contributed by atoms with E-state index in [2.05, 4.69) is 5.10 Å². The van der Waals surface area contributed by atoms with Gasteiger partial charge in [-0.25, -0.2) is 0 Å². The second-order valence-electron chi connectivity index (χ2n) is 6.48. The molecule has 2 aromatic rings. The largest absolute Gasteiger partial charge is 0.339 e. The molecule has 1 aliphatic heterocycles. The molecule has 132 valence electrons. The maximum atomic E-state index is 12.5. The number of hydrogen-bond donors (Lipinski definition) is 0. The number of carbonyl (C=O) groups is 1. The van der Waals surface area contributed by atoms with Gasteiger partial charge in [-0.05, 0) is 50.8 Å². The van der Waals surface area contributed by atoms with Crippen LogP contribution in [-0.4, -0.2) is 38.6 Å². The Morgan fingerprint density at radius 2 is 1.80 bits per heavy atom. The predicted molar refractivity (Wildman–Crippen MR) is 93.7 cm³/mol. The van der Waals surface area contributed by atoms with Crippen molar-refractivity contribution >= 4 is 11.6 Å². The number of aryl methyl sites for hydroxylation is 1. The Kier molecular flexibility index (Phi) is 4.83. The van der Waals surface area contributed by atoms with Crippen molar-refractivity contribution in [3.8, 4) is 0 Å². The van der Waals surface area contributed by atoms with E-state index in [1.54, 1.807) is 18.5 Å². The molecule has 0 aliphatic carbocycles. The summed E-state index contributed by atoms with van der Waals surface area (Å²) in [6, 6.07) is 7.43. The van der Waals surface area contributed by atoms with Gasteiger partial charge >= 0.3 is 5.69 Å². The van der Waals surface area contributed by atoms with Crippen molar-refractivity contribution in [3.05, 3.63) is 56.9 Å². The molecular formula is C18H22N4O3. The monoisotopic (exact) mass is 342 g/mol. The van der Waals surface area contributed by atoms with Crippen LogP contribution in [0.2, 0.25) is 0 Å². The standard InChI is InChI=1S/C18H22N4O3/c1-13-17(22(24)25)14(2)21(19-13)12-15-6-8-16(9-7-15)18(23)20-10-4-3-5-11-20/h6-9H,3-5,10-12H2,1-2H3. The minimum absolute atomic E-state index is 0.0666. The van der Waals surface area contributed by atoms with Gasteiger partial charge in [0.05, 0.1) is 11.5 Å². The van der Waals surface area contributed by atoms with Gasteiger partial charge in [-0.3, -0.25) is 19.6 Å². The quantitative estimate of drug-likeness (QED) is 0.631. The summed E-state index contributed by atoms with van der Waals surface area (Å²) >= 11 is 0. The summed E-state index contributed by atoms with van der Waals surface area (Å²) in [6.45, 7) is 5.44. The molecular weight excluding hydrogens is 320 g/mol. The molecule has 0 atom stereocenters. The average molecular weight is 342 g/mol. The summed E-state index contributed by atoms with van der Waals surface area (Å²) in [5.74, 6) is 0.0769. The fourth-order valence-electron chi connectivity index (χ4n) is 3.31. The van der Waals surface area contributed by atoms with Crippen LogP contribution in [0.15, 0.2) is 24.3 Å². The Labute approximate surface area is 146 Å². The Balaban J connectivity index is 1.74. The Morgan fingerprint density at radius 1 is 1.16 bits per heavy atom. The molecule has 7 nitrogen and oxygen atoms in total. The van der Waals surface area contributed by atoms with Crippen molar-refractivity contribution < 1.29 is 9.72 Å². The summed E-state index contributed by atoms with van der Waals surface area (Å²) in [4.78, 5) is 25.1. The second-order valence-corrected chi connectivity index (χ2v) is 6.48. The number of benzene rings is 1. The second kappa shape index (κ2) is 7.04. The maximum absolute atomic E-state index is 12.5. The highest BCUT2D eigenvalue weighted by Gasteiger charge is 2.22. The lowest BCUT2D eigenvalue weighted by Crippen LogP contribution is -2.35. The molecule has 2 heterocycles. The fourth-order valence-corrected chi connectivity index (χ4v) is 3.31. The lowest BCUT2D eigenvalue weighted by atomic mass is 10.1. The SMILES string of the molecule is Cc1nn(Cc2ccc(C(=O)N3CCCCC3)cc2)c(C)c1[N+](=O)[O-]. The van der Waals surface area contributed by atoms with Crippen LogP contribution in [0.4, 0.5) is 5.69 Å². The molecule has 0 bridgehead atoms. The summed E-state index contributed by atoms with van der Waals surface area (Å²) in [5, 5.41) is 15.3. The van der Waals surface area contributed by atoms with Crippen molar-refractivity contribution in [2.24, 2.45) is 0 Å². The molecule has 3 rings (SSSR count). The zero-order chi connectivity index (χ0) is 18.0. The first-order chi connectivity index (χ1) is 12.0. The van der Waals surface area contributed by atoms with E-state index >= 15 is 0 Å². The molecule has 1 aromatic carbocycles. The van der Waals surface area contributed by atoms with Gasteiger partial charge in [-0.1, -0.05) is 12.1 Å². The van der Waals surface area contributed by atoms with Gasteiger partial charge in [0.2, 0.25) is 0 Å². The fraction of sp³-hybridized carbons (Fsp3) is 0.444. The van der Waals surface area contributed by atoms with E-state index < -0.39 is 4.92 Å². The Morgan fingerprint density at radius 3 is 2.36 bits per heavy atom. The van der Waals surface area contributed by atoms with Crippen molar-refractivity contribution in [2.75, 3.05) is 13.1 Å². The number of piperidine rings is 1. The molecule has 0 unspecified atom stereocenters. The highest BCUT2D eigenvalue weighted by Crippen LogP contribution is 2.22. The molecule has 1 saturated heterocycles. The number of nitrogens with zero attached hydrogens (tertiary/aromatic N) is 4. The Bertz CT molecular complexity index is 789. The Hall–Kier alpha value is -2.70. The number of likely N-dealkylation sites (tertiary alicyclic amines) is 1. The van der Waals surface area contributed by atoms with Crippen molar-refractivity contribution in [1.29, 1.82) is 0 Å². The average Bonchev–Trinajstić information content (AvgIpc) is 2.89. The van der Waals surface area contributed by atoms with Gasteiger partial charge in [0, 0.05) is 18.7 Å². The van der Waals surface area contributed by atoms with Crippen LogP contribution in [-0.2, 0) is 6.54 Å². The van der Waals surface area contributed by atoms with E-state index in [1.807, 2.05) is 29.2 Å². The number of nitro groups is 1. The normalized spacial score (nSPS) is 14.6. The van der Waals surface area contributed by atoms with Crippen LogP contribution in [0.25, 0.3) is 0 Å². The molecule has 0 spiro atoms. The molecule has 1 aliphatic rings. The highest BCUT2D eigenvalue weighted by molar-refractivity contribution is 5.94. The first-order valence-electron chi connectivity index (χ1n) is 8.54. The minimum Gasteiger partial charge on any atom is -0.339 e. The van der Waals surface area contributed by atoms with Crippen LogP contribution >= 0.6 is 0 Å². The molecule has 25 heavy (non-hydrogen) atoms. The summed E-state index contributed by atoms with van der Waals surface area (Å²) in [6.07, 6.45) is 3.33. The third-order valence-corrected chi connectivity index (χ3v) is 4.70. The lowest BCUT2D eigenvalue weighted by molar-refractivity contribution is -0.386. The van der Waals surface area contributed by atoms with Crippen LogP contribution in [0.3, 0.4) is 0 Å². The summed E-state index contributed by atoms with van der Waals surface area (Å²) < 4.78 is 1.63. The third kappa shape index (κ3) is 3.55. The summed E-state index contributed by atoms with van der Waals surface area (Å²) in [5.41, 5.74) is 2.66. The van der Waals surface area contributed by atoms with Crippen molar-refractivity contribution in [1.82, 2.24) is 14.7 Å². The van der Waals surface area contributed by atoms with E-state index in [0.29, 0.717) is 23.5 Å². The first-order valence-corrected chi connectivity index (χ1v) is 8.54. The van der Waals surface area contributed by atoms with Gasteiger partial charge in [0.15, 0.2) is 0 Å². The first kappa shape index (κ1) is 17.1. The van der Waals surface area contributed by atoms with E-state index in [9.17, 15) is 14.9 Å². The number of aromatic nitrogens is 2. The van der Waals surface area contributed by atoms with Gasteiger partial charge in [-0.2, -0.15) is 5.10 Å². The smallest absolute Gasteiger partial charge is 0.312 e. The van der Waals surface area contributed by atoms with Crippen molar-refractivity contribution in [3.63, 3.8) is 0 Å². The number of amides is 1. The highest BCUT2D eigenvalue weighted by atomic mass is 16.6. The third-order valence-electron chi connectivity index (χ3n) is 4.70. The number of rotatable bonds is 4. The number of carbonyl (C=O) groups excluding carboxylic acids is 1. The maximum Gasteiger partial charge on any atom is 0.312 e. The van der Waals surface area contributed by atoms with Gasteiger partial charge < -0.3 is 4.90 Å². The number of hydrogen-bond acceptors (Lipinski definition) is 4. The predicted octanol–water partition coefficient (Wildman–Crippen LogP) is 3.08. The van der Waals surface area contributed by atoms with E-state index in [-0.39, 0.29) is 11.6 Å². The van der Waals surface area contributed by atoms with Crippen LogP contribution in [0.5, 0.6) is 0 Å². The van der Waals surface area contributed by atoms with Gasteiger partial charge in [0.1, 0.15) is 11.4 Å². The van der Waals surface area contributed by atoms with Crippen molar-refractivity contribution in [2.45, 2.75) is 39.7 Å². The molecule has 1 amide bonds. The minimum atomic E-state index is -0.394. The molecule has 0 radical (unpaired) electrons. The topological polar surface area (TPSA) is 81.3 Å². The lowest BCUT2D eigenvalue weighted by Gasteiger charge is -2.26. The van der Waals surface area contributed by atoms with E-state index in [0.717, 1.165) is 31.5 Å². The van der Waals surface area contributed by atoms with E-state index in [4.69, 9.17) is 0 Å². The zero-order valence-corrected chi connectivity index (χ0v) is 14.6. The molecule has 0 saturated carbocycles. The zero-order valence-electron chi connectivity index (χ0n) is 14.6.